The van der Waals surface area contributed by atoms with Gasteiger partial charge in [0.25, 0.3) is 0 Å². The van der Waals surface area contributed by atoms with Gasteiger partial charge in [-0.15, -0.1) is 0 Å². The van der Waals surface area contributed by atoms with Crippen LogP contribution in [-0.2, 0) is 0 Å². The molecule has 2 heterocycles. The van der Waals surface area contributed by atoms with E-state index >= 15 is 0 Å². The molecule has 0 amide bonds. The lowest BCUT2D eigenvalue weighted by atomic mass is 10.00. The Morgan fingerprint density at radius 1 is 0.923 bits per heavy atom. The maximum absolute atomic E-state index is 4.71. The van der Waals surface area contributed by atoms with Crippen molar-refractivity contribution in [1.82, 2.24) is 9.97 Å². The molecule has 1 N–H and O–H groups in total. The van der Waals surface area contributed by atoms with Crippen LogP contribution in [0.25, 0.3) is 33.4 Å². The van der Waals surface area contributed by atoms with Crippen LogP contribution in [0.3, 0.4) is 0 Å². The number of nitrogens with one attached hydrogen (secondary N) is 1. The predicted octanol–water partition coefficient (Wildman–Crippen LogP) is 7.09. The Morgan fingerprint density at radius 2 is 1.69 bits per heavy atom. The standard InChI is InChI=1S/C23H21BrN2/c1-14(2)17-9-10-18(21(24)12-17)22-13-20-19(16-7-5-4-6-8-16)11-15(3)25-23(20)26-22/h4-14H,1-3H3,(H,25,26). The molecule has 0 aliphatic heterocycles. The van der Waals surface area contributed by atoms with Gasteiger partial charge < -0.3 is 4.98 Å². The molecule has 2 nitrogen and oxygen atoms in total. The zero-order chi connectivity index (χ0) is 18.3. The Bertz CT molecular complexity index is 1080. The number of hydrogen-bond donors (Lipinski definition) is 1. The summed E-state index contributed by atoms with van der Waals surface area (Å²) in [6, 6.07) is 21.4. The van der Waals surface area contributed by atoms with Gasteiger partial charge in [0, 0.05) is 26.8 Å². The first-order valence-electron chi connectivity index (χ1n) is 8.88. The Morgan fingerprint density at radius 3 is 2.38 bits per heavy atom. The summed E-state index contributed by atoms with van der Waals surface area (Å²) in [6.07, 6.45) is 0. The molecule has 2 aromatic carbocycles. The van der Waals surface area contributed by atoms with E-state index in [-0.39, 0.29) is 0 Å². The van der Waals surface area contributed by atoms with Crippen molar-refractivity contribution >= 4 is 27.0 Å². The highest BCUT2D eigenvalue weighted by Crippen LogP contribution is 2.35. The van der Waals surface area contributed by atoms with Gasteiger partial charge in [-0.3, -0.25) is 0 Å². The molecule has 0 radical (unpaired) electrons. The third-order valence-corrected chi connectivity index (χ3v) is 5.42. The summed E-state index contributed by atoms with van der Waals surface area (Å²) < 4.78 is 1.10. The molecule has 130 valence electrons. The largest absolute Gasteiger partial charge is 0.339 e. The van der Waals surface area contributed by atoms with Gasteiger partial charge in [-0.2, -0.15) is 0 Å². The van der Waals surface area contributed by atoms with Crippen molar-refractivity contribution < 1.29 is 0 Å². The highest BCUT2D eigenvalue weighted by Gasteiger charge is 2.13. The van der Waals surface area contributed by atoms with Crippen LogP contribution < -0.4 is 0 Å². The van der Waals surface area contributed by atoms with Gasteiger partial charge in [0.1, 0.15) is 5.65 Å². The van der Waals surface area contributed by atoms with Crippen molar-refractivity contribution in [3.63, 3.8) is 0 Å². The molecule has 0 saturated carbocycles. The zero-order valence-electron chi connectivity index (χ0n) is 15.2. The van der Waals surface area contributed by atoms with E-state index < -0.39 is 0 Å². The average molecular weight is 405 g/mol. The van der Waals surface area contributed by atoms with Crippen molar-refractivity contribution in [2.24, 2.45) is 0 Å². The summed E-state index contributed by atoms with van der Waals surface area (Å²) in [6.45, 7) is 6.46. The van der Waals surface area contributed by atoms with E-state index in [1.54, 1.807) is 0 Å². The first-order valence-corrected chi connectivity index (χ1v) is 9.68. The summed E-state index contributed by atoms with van der Waals surface area (Å²) >= 11 is 3.75. The SMILES string of the molecule is Cc1cc(-c2ccccc2)c2cc(-c3ccc(C(C)C)cc3Br)[nH]c2n1. The number of aromatic nitrogens is 2. The van der Waals surface area contributed by atoms with E-state index in [2.05, 4.69) is 89.4 Å². The van der Waals surface area contributed by atoms with Crippen molar-refractivity contribution in [3.05, 3.63) is 76.4 Å². The van der Waals surface area contributed by atoms with Gasteiger partial charge in [0.05, 0.1) is 0 Å². The molecule has 4 aromatic rings. The fourth-order valence-electron chi connectivity index (χ4n) is 3.34. The first kappa shape index (κ1) is 17.0. The van der Waals surface area contributed by atoms with Crippen LogP contribution in [0.4, 0.5) is 0 Å². The lowest BCUT2D eigenvalue weighted by molar-refractivity contribution is 0.866. The van der Waals surface area contributed by atoms with Crippen LogP contribution in [0, 0.1) is 6.92 Å². The van der Waals surface area contributed by atoms with Crippen LogP contribution in [-0.4, -0.2) is 9.97 Å². The highest BCUT2D eigenvalue weighted by molar-refractivity contribution is 9.10. The summed E-state index contributed by atoms with van der Waals surface area (Å²) in [5, 5.41) is 1.15. The van der Waals surface area contributed by atoms with Crippen LogP contribution >= 0.6 is 15.9 Å². The second-order valence-corrected chi connectivity index (χ2v) is 7.87. The van der Waals surface area contributed by atoms with E-state index in [1.165, 1.54) is 16.7 Å². The summed E-state index contributed by atoms with van der Waals surface area (Å²) in [5.41, 5.74) is 7.93. The first-order chi connectivity index (χ1) is 12.5. The topological polar surface area (TPSA) is 28.7 Å². The number of rotatable bonds is 3. The number of benzene rings is 2. The smallest absolute Gasteiger partial charge is 0.138 e. The Balaban J connectivity index is 1.89. The Labute approximate surface area is 162 Å². The molecule has 3 heteroatoms. The van der Waals surface area contributed by atoms with Gasteiger partial charge in [-0.1, -0.05) is 72.2 Å². The van der Waals surface area contributed by atoms with E-state index in [0.29, 0.717) is 5.92 Å². The van der Waals surface area contributed by atoms with Gasteiger partial charge in [0.15, 0.2) is 0 Å². The predicted molar refractivity (Wildman–Crippen MR) is 113 cm³/mol. The second kappa shape index (κ2) is 6.73. The lowest BCUT2D eigenvalue weighted by Crippen LogP contribution is -1.89. The van der Waals surface area contributed by atoms with E-state index in [9.17, 15) is 0 Å². The molecule has 0 spiro atoms. The Kier molecular flexibility index (Phi) is 4.41. The highest BCUT2D eigenvalue weighted by atomic mass is 79.9. The number of aromatic amines is 1. The van der Waals surface area contributed by atoms with Crippen molar-refractivity contribution in [2.45, 2.75) is 26.7 Å². The minimum absolute atomic E-state index is 0.511. The third-order valence-electron chi connectivity index (χ3n) is 4.76. The van der Waals surface area contributed by atoms with Gasteiger partial charge in [-0.05, 0) is 47.7 Å². The van der Waals surface area contributed by atoms with Crippen LogP contribution in [0.15, 0.2) is 65.1 Å². The summed E-state index contributed by atoms with van der Waals surface area (Å²) in [5.74, 6) is 0.511. The van der Waals surface area contributed by atoms with Crippen molar-refractivity contribution in [1.29, 1.82) is 0 Å². The number of nitrogens with zero attached hydrogens (tertiary/aromatic N) is 1. The van der Waals surface area contributed by atoms with Gasteiger partial charge >= 0.3 is 0 Å². The van der Waals surface area contributed by atoms with Gasteiger partial charge in [0.2, 0.25) is 0 Å². The second-order valence-electron chi connectivity index (χ2n) is 7.02. The average Bonchev–Trinajstić information content (AvgIpc) is 3.05. The van der Waals surface area contributed by atoms with Gasteiger partial charge in [-0.25, -0.2) is 4.98 Å². The van der Waals surface area contributed by atoms with Crippen LogP contribution in [0.1, 0.15) is 31.0 Å². The van der Waals surface area contributed by atoms with Crippen LogP contribution in [0.5, 0.6) is 0 Å². The molecule has 0 unspecified atom stereocenters. The minimum Gasteiger partial charge on any atom is -0.339 e. The monoisotopic (exact) mass is 404 g/mol. The summed E-state index contributed by atoms with van der Waals surface area (Å²) in [4.78, 5) is 8.22. The number of fused-ring (bicyclic) bond motifs is 1. The van der Waals surface area contributed by atoms with Crippen molar-refractivity contribution in [3.8, 4) is 22.4 Å². The maximum atomic E-state index is 4.71. The molecular weight excluding hydrogens is 384 g/mol. The molecule has 0 fully saturated rings. The molecule has 4 rings (SSSR count). The fraction of sp³-hybridized carbons (Fsp3) is 0.174. The minimum atomic E-state index is 0.511. The fourth-order valence-corrected chi connectivity index (χ4v) is 3.95. The van der Waals surface area contributed by atoms with E-state index in [0.717, 1.165) is 32.5 Å². The molecule has 26 heavy (non-hydrogen) atoms. The zero-order valence-corrected chi connectivity index (χ0v) is 16.8. The number of halogens is 1. The molecule has 0 aliphatic carbocycles. The number of hydrogen-bond acceptors (Lipinski definition) is 1. The third kappa shape index (κ3) is 3.08. The van der Waals surface area contributed by atoms with E-state index in [1.807, 2.05) is 13.0 Å². The quantitative estimate of drug-likeness (QED) is 0.387. The molecule has 0 saturated heterocycles. The number of pyridine rings is 1. The number of H-pyrrole nitrogens is 1. The molecular formula is C23H21BrN2. The maximum Gasteiger partial charge on any atom is 0.138 e. The van der Waals surface area contributed by atoms with Crippen molar-refractivity contribution in [2.75, 3.05) is 0 Å². The lowest BCUT2D eigenvalue weighted by Gasteiger charge is -2.08. The molecule has 0 bridgehead atoms. The van der Waals surface area contributed by atoms with Crippen LogP contribution in [0.2, 0.25) is 0 Å². The molecule has 2 aromatic heterocycles. The van der Waals surface area contributed by atoms with E-state index in [4.69, 9.17) is 4.98 Å². The number of aryl methyl sites for hydroxylation is 1. The normalized spacial score (nSPS) is 11.4. The molecule has 0 aliphatic rings. The molecule has 0 atom stereocenters. The Hall–Kier alpha value is -2.39. The summed E-state index contributed by atoms with van der Waals surface area (Å²) in [7, 11) is 0.